The molecule has 0 saturated heterocycles. The standard InChI is InChI=1S/C18H19N3O2.C2H6/c1-11-15(10-16(19)18(22)23)14-4-3-13(9-17(14)21(11)2)12-5-7-20-8-6-12;1-2/h3-9,16H,10,19H2,1-2H3,(H,22,23);1-2H3. The van der Waals surface area contributed by atoms with Crippen LogP contribution in [0.4, 0.5) is 0 Å². The molecule has 3 N–H and O–H groups in total. The summed E-state index contributed by atoms with van der Waals surface area (Å²) in [6.45, 7) is 6.00. The van der Waals surface area contributed by atoms with E-state index < -0.39 is 12.0 Å². The zero-order chi connectivity index (χ0) is 18.6. The van der Waals surface area contributed by atoms with Crippen molar-refractivity contribution in [1.29, 1.82) is 0 Å². The van der Waals surface area contributed by atoms with Crippen LogP contribution >= 0.6 is 0 Å². The maximum atomic E-state index is 11.1. The van der Waals surface area contributed by atoms with Gasteiger partial charge >= 0.3 is 5.97 Å². The smallest absolute Gasteiger partial charge is 0.320 e. The summed E-state index contributed by atoms with van der Waals surface area (Å²) in [6.07, 6.45) is 3.87. The van der Waals surface area contributed by atoms with E-state index in [1.54, 1.807) is 12.4 Å². The first-order valence-corrected chi connectivity index (χ1v) is 8.45. The molecule has 0 amide bonds. The normalized spacial score (nSPS) is 11.7. The Hall–Kier alpha value is -2.66. The van der Waals surface area contributed by atoms with Gasteiger partial charge in [-0.1, -0.05) is 26.0 Å². The van der Waals surface area contributed by atoms with Gasteiger partial charge < -0.3 is 15.4 Å². The Morgan fingerprint density at radius 3 is 2.44 bits per heavy atom. The summed E-state index contributed by atoms with van der Waals surface area (Å²) in [5.74, 6) is -0.977. The third-order valence-corrected chi connectivity index (χ3v) is 4.38. The summed E-state index contributed by atoms with van der Waals surface area (Å²) in [7, 11) is 1.99. The molecule has 5 nitrogen and oxygen atoms in total. The Morgan fingerprint density at radius 2 is 1.84 bits per heavy atom. The number of hydrogen-bond acceptors (Lipinski definition) is 3. The zero-order valence-corrected chi connectivity index (χ0v) is 15.2. The molecule has 1 atom stereocenters. The lowest BCUT2D eigenvalue weighted by Gasteiger charge is -2.07. The van der Waals surface area contributed by atoms with Crippen molar-refractivity contribution in [2.24, 2.45) is 12.8 Å². The molecule has 3 aromatic rings. The van der Waals surface area contributed by atoms with Gasteiger partial charge in [0.15, 0.2) is 0 Å². The molecule has 0 fully saturated rings. The minimum absolute atomic E-state index is 0.326. The second-order valence-corrected chi connectivity index (χ2v) is 5.74. The first kappa shape index (κ1) is 18.7. The van der Waals surface area contributed by atoms with Crippen molar-refractivity contribution in [3.63, 3.8) is 0 Å². The highest BCUT2D eigenvalue weighted by atomic mass is 16.4. The van der Waals surface area contributed by atoms with Gasteiger partial charge in [0, 0.05) is 42.5 Å². The van der Waals surface area contributed by atoms with Crippen LogP contribution in [0.15, 0.2) is 42.7 Å². The number of rotatable bonds is 4. The van der Waals surface area contributed by atoms with Crippen molar-refractivity contribution < 1.29 is 9.90 Å². The van der Waals surface area contributed by atoms with Crippen LogP contribution in [0.5, 0.6) is 0 Å². The Bertz CT molecular complexity index is 870. The second-order valence-electron chi connectivity index (χ2n) is 5.74. The molecule has 2 heterocycles. The van der Waals surface area contributed by atoms with Gasteiger partial charge in [-0.2, -0.15) is 0 Å². The largest absolute Gasteiger partial charge is 0.480 e. The number of benzene rings is 1. The van der Waals surface area contributed by atoms with Crippen molar-refractivity contribution in [3.05, 3.63) is 54.0 Å². The van der Waals surface area contributed by atoms with Crippen LogP contribution in [-0.4, -0.2) is 26.7 Å². The average Bonchev–Trinajstić information content (AvgIpc) is 2.88. The van der Waals surface area contributed by atoms with E-state index in [-0.39, 0.29) is 0 Å². The zero-order valence-electron chi connectivity index (χ0n) is 15.2. The number of aryl methyl sites for hydroxylation is 1. The lowest BCUT2D eigenvalue weighted by Crippen LogP contribution is -2.32. The molecule has 0 saturated carbocycles. The summed E-state index contributed by atoms with van der Waals surface area (Å²) >= 11 is 0. The van der Waals surface area contributed by atoms with Gasteiger partial charge in [-0.3, -0.25) is 9.78 Å². The third kappa shape index (κ3) is 3.72. The van der Waals surface area contributed by atoms with Crippen molar-refractivity contribution in [2.75, 3.05) is 0 Å². The fourth-order valence-electron chi connectivity index (χ4n) is 2.93. The van der Waals surface area contributed by atoms with Crippen LogP contribution in [0.1, 0.15) is 25.1 Å². The van der Waals surface area contributed by atoms with E-state index in [2.05, 4.69) is 15.6 Å². The molecule has 132 valence electrons. The number of nitrogens with zero attached hydrogens (tertiary/aromatic N) is 2. The topological polar surface area (TPSA) is 81.1 Å². The van der Waals surface area contributed by atoms with Crippen LogP contribution in [0, 0.1) is 6.92 Å². The van der Waals surface area contributed by atoms with Crippen molar-refractivity contribution in [1.82, 2.24) is 9.55 Å². The number of carbonyl (C=O) groups is 1. The van der Waals surface area contributed by atoms with Crippen molar-refractivity contribution in [2.45, 2.75) is 33.2 Å². The van der Waals surface area contributed by atoms with Gasteiger partial charge in [-0.15, -0.1) is 0 Å². The first-order chi connectivity index (χ1) is 12.0. The molecule has 0 aliphatic carbocycles. The monoisotopic (exact) mass is 339 g/mol. The highest BCUT2D eigenvalue weighted by Gasteiger charge is 2.19. The van der Waals surface area contributed by atoms with E-state index in [4.69, 9.17) is 10.8 Å². The van der Waals surface area contributed by atoms with E-state index in [0.29, 0.717) is 6.42 Å². The molecular formula is C20H25N3O2. The van der Waals surface area contributed by atoms with Gasteiger partial charge in [0.05, 0.1) is 0 Å². The molecule has 2 aromatic heterocycles. The van der Waals surface area contributed by atoms with Crippen LogP contribution in [0.25, 0.3) is 22.0 Å². The summed E-state index contributed by atoms with van der Waals surface area (Å²) in [5.41, 5.74) is 11.0. The van der Waals surface area contributed by atoms with Crippen LogP contribution < -0.4 is 5.73 Å². The molecule has 25 heavy (non-hydrogen) atoms. The molecule has 0 radical (unpaired) electrons. The number of carboxylic acid groups (broad SMARTS) is 1. The van der Waals surface area contributed by atoms with Crippen LogP contribution in [0.3, 0.4) is 0 Å². The summed E-state index contributed by atoms with van der Waals surface area (Å²) in [5, 5.41) is 10.1. The maximum Gasteiger partial charge on any atom is 0.320 e. The molecule has 0 aliphatic heterocycles. The van der Waals surface area contributed by atoms with E-state index in [1.807, 2.05) is 52.1 Å². The van der Waals surface area contributed by atoms with Gasteiger partial charge in [0.25, 0.3) is 0 Å². The highest BCUT2D eigenvalue weighted by molar-refractivity contribution is 5.90. The molecule has 0 spiro atoms. The molecule has 3 rings (SSSR count). The van der Waals surface area contributed by atoms with Gasteiger partial charge in [-0.25, -0.2) is 0 Å². The minimum Gasteiger partial charge on any atom is -0.480 e. The summed E-state index contributed by atoms with van der Waals surface area (Å²) < 4.78 is 2.09. The fourth-order valence-corrected chi connectivity index (χ4v) is 2.93. The summed E-state index contributed by atoms with van der Waals surface area (Å²) in [4.78, 5) is 15.1. The molecule has 0 bridgehead atoms. The quantitative estimate of drug-likeness (QED) is 0.762. The Morgan fingerprint density at radius 1 is 1.20 bits per heavy atom. The lowest BCUT2D eigenvalue weighted by molar-refractivity contribution is -0.138. The molecule has 0 aliphatic rings. The Kier molecular flexibility index (Phi) is 5.93. The van der Waals surface area contributed by atoms with Gasteiger partial charge in [0.1, 0.15) is 6.04 Å². The molecule has 1 unspecified atom stereocenters. The first-order valence-electron chi connectivity index (χ1n) is 8.45. The van der Waals surface area contributed by atoms with Crippen LogP contribution in [0.2, 0.25) is 0 Å². The molecular weight excluding hydrogens is 314 g/mol. The van der Waals surface area contributed by atoms with Crippen molar-refractivity contribution in [3.8, 4) is 11.1 Å². The second kappa shape index (κ2) is 7.94. The SMILES string of the molecule is CC.Cc1c(CC(N)C(=O)O)c2ccc(-c3ccncc3)cc2n1C. The van der Waals surface area contributed by atoms with Crippen molar-refractivity contribution >= 4 is 16.9 Å². The predicted octanol–water partition coefficient (Wildman–Crippen LogP) is 3.53. The number of carboxylic acids is 1. The highest BCUT2D eigenvalue weighted by Crippen LogP contribution is 2.30. The lowest BCUT2D eigenvalue weighted by atomic mass is 10.0. The van der Waals surface area contributed by atoms with Crippen LogP contribution in [-0.2, 0) is 18.3 Å². The third-order valence-electron chi connectivity index (χ3n) is 4.38. The Labute approximate surface area is 148 Å². The number of hydrogen-bond donors (Lipinski definition) is 2. The molecule has 1 aromatic carbocycles. The number of nitrogens with two attached hydrogens (primary N) is 1. The van der Waals surface area contributed by atoms with E-state index in [1.165, 1.54) is 0 Å². The van der Waals surface area contributed by atoms with Gasteiger partial charge in [0.2, 0.25) is 0 Å². The fraction of sp³-hybridized carbons (Fsp3) is 0.300. The predicted molar refractivity (Wildman–Crippen MR) is 102 cm³/mol. The van der Waals surface area contributed by atoms with E-state index >= 15 is 0 Å². The summed E-state index contributed by atoms with van der Waals surface area (Å²) in [6, 6.07) is 9.26. The molecule has 5 heteroatoms. The minimum atomic E-state index is -0.977. The Balaban J connectivity index is 0.00000109. The number of pyridine rings is 1. The van der Waals surface area contributed by atoms with E-state index in [0.717, 1.165) is 33.3 Å². The number of aliphatic carboxylic acids is 1. The number of aromatic nitrogens is 2. The number of fused-ring (bicyclic) bond motifs is 1. The van der Waals surface area contributed by atoms with Gasteiger partial charge in [-0.05, 0) is 41.8 Å². The van der Waals surface area contributed by atoms with E-state index in [9.17, 15) is 4.79 Å². The maximum absolute atomic E-state index is 11.1. The average molecular weight is 339 g/mol.